The largest absolute Gasteiger partial charge is 0.393 e. The molecule has 20 heavy (non-hydrogen) atoms. The Labute approximate surface area is 130 Å². The van der Waals surface area contributed by atoms with Crippen molar-refractivity contribution in [3.63, 3.8) is 0 Å². The molecule has 2 nitrogen and oxygen atoms in total. The van der Waals surface area contributed by atoms with Crippen molar-refractivity contribution >= 4 is 23.2 Å². The third-order valence-electron chi connectivity index (χ3n) is 5.18. The Morgan fingerprint density at radius 2 is 1.85 bits per heavy atom. The molecular weight excluding hydrogens is 293 g/mol. The van der Waals surface area contributed by atoms with Crippen molar-refractivity contribution in [3.05, 3.63) is 33.8 Å². The fourth-order valence-corrected chi connectivity index (χ4v) is 4.28. The van der Waals surface area contributed by atoms with E-state index in [-0.39, 0.29) is 11.5 Å². The number of aliphatic hydroxyl groups is 1. The van der Waals surface area contributed by atoms with Crippen LogP contribution < -0.4 is 5.32 Å². The van der Waals surface area contributed by atoms with Gasteiger partial charge in [-0.15, -0.1) is 0 Å². The molecule has 3 rings (SSSR count). The molecule has 1 atom stereocenters. The zero-order chi connectivity index (χ0) is 14.2. The van der Waals surface area contributed by atoms with Crippen molar-refractivity contribution < 1.29 is 5.11 Å². The van der Waals surface area contributed by atoms with E-state index in [1.807, 2.05) is 12.1 Å². The summed E-state index contributed by atoms with van der Waals surface area (Å²) in [5.41, 5.74) is 1.45. The van der Waals surface area contributed by atoms with Crippen molar-refractivity contribution in [2.75, 3.05) is 13.1 Å². The summed E-state index contributed by atoms with van der Waals surface area (Å²) in [4.78, 5) is 0. The SMILES string of the molecule is OC1CCC(c2ccc(Cl)c(Cl)c2)(C2CCNC2)CC1. The minimum Gasteiger partial charge on any atom is -0.393 e. The zero-order valence-electron chi connectivity index (χ0n) is 11.5. The summed E-state index contributed by atoms with van der Waals surface area (Å²) in [5.74, 6) is 0.632. The highest BCUT2D eigenvalue weighted by Crippen LogP contribution is 2.48. The maximum atomic E-state index is 9.87. The molecule has 1 unspecified atom stereocenters. The van der Waals surface area contributed by atoms with Crippen LogP contribution in [0.3, 0.4) is 0 Å². The number of aliphatic hydroxyl groups excluding tert-OH is 1. The molecule has 0 radical (unpaired) electrons. The van der Waals surface area contributed by atoms with E-state index in [2.05, 4.69) is 11.4 Å². The summed E-state index contributed by atoms with van der Waals surface area (Å²) in [5, 5.41) is 14.6. The smallest absolute Gasteiger partial charge is 0.0595 e. The highest BCUT2D eigenvalue weighted by molar-refractivity contribution is 6.42. The van der Waals surface area contributed by atoms with Gasteiger partial charge in [-0.3, -0.25) is 0 Å². The molecule has 1 aromatic rings. The molecule has 0 amide bonds. The van der Waals surface area contributed by atoms with Crippen LogP contribution in [0, 0.1) is 5.92 Å². The fraction of sp³-hybridized carbons (Fsp3) is 0.625. The second kappa shape index (κ2) is 5.84. The van der Waals surface area contributed by atoms with E-state index in [0.29, 0.717) is 16.0 Å². The van der Waals surface area contributed by atoms with E-state index in [1.165, 1.54) is 12.0 Å². The molecule has 1 aliphatic carbocycles. The predicted octanol–water partition coefficient (Wildman–Crippen LogP) is 3.78. The average Bonchev–Trinajstić information content (AvgIpc) is 2.98. The Kier molecular flexibility index (Phi) is 4.28. The Morgan fingerprint density at radius 1 is 1.10 bits per heavy atom. The van der Waals surface area contributed by atoms with Crippen LogP contribution in [0.1, 0.15) is 37.7 Å². The number of benzene rings is 1. The summed E-state index contributed by atoms with van der Waals surface area (Å²) < 4.78 is 0. The number of nitrogens with one attached hydrogen (secondary N) is 1. The molecule has 0 bridgehead atoms. The van der Waals surface area contributed by atoms with E-state index in [9.17, 15) is 5.11 Å². The molecular formula is C16H21Cl2NO. The van der Waals surface area contributed by atoms with E-state index in [4.69, 9.17) is 23.2 Å². The normalized spacial score (nSPS) is 34.4. The van der Waals surface area contributed by atoms with Gasteiger partial charge in [0.1, 0.15) is 0 Å². The van der Waals surface area contributed by atoms with Gasteiger partial charge in [-0.25, -0.2) is 0 Å². The molecule has 4 heteroatoms. The molecule has 2 N–H and O–H groups in total. The molecule has 1 saturated carbocycles. The summed E-state index contributed by atoms with van der Waals surface area (Å²) in [6.45, 7) is 2.16. The lowest BCUT2D eigenvalue weighted by Crippen LogP contribution is -2.41. The van der Waals surface area contributed by atoms with E-state index in [0.717, 1.165) is 38.8 Å². The van der Waals surface area contributed by atoms with Crippen LogP contribution in [-0.4, -0.2) is 24.3 Å². The van der Waals surface area contributed by atoms with Gasteiger partial charge in [0.2, 0.25) is 0 Å². The summed E-state index contributed by atoms with van der Waals surface area (Å²) >= 11 is 12.3. The molecule has 1 aliphatic heterocycles. The van der Waals surface area contributed by atoms with Crippen LogP contribution in [-0.2, 0) is 5.41 Å². The highest BCUT2D eigenvalue weighted by atomic mass is 35.5. The van der Waals surface area contributed by atoms with Gasteiger partial charge in [0.25, 0.3) is 0 Å². The number of rotatable bonds is 2. The van der Waals surface area contributed by atoms with Gasteiger partial charge < -0.3 is 10.4 Å². The first-order valence-electron chi connectivity index (χ1n) is 7.46. The lowest BCUT2D eigenvalue weighted by Gasteiger charge is -2.44. The number of halogens is 2. The van der Waals surface area contributed by atoms with Gasteiger partial charge in [0.05, 0.1) is 16.1 Å². The maximum absolute atomic E-state index is 9.87. The van der Waals surface area contributed by atoms with Crippen LogP contribution in [0.5, 0.6) is 0 Å². The quantitative estimate of drug-likeness (QED) is 0.871. The van der Waals surface area contributed by atoms with Gasteiger partial charge in [-0.05, 0) is 74.2 Å². The minimum absolute atomic E-state index is 0.139. The molecule has 110 valence electrons. The maximum Gasteiger partial charge on any atom is 0.0595 e. The van der Waals surface area contributed by atoms with E-state index < -0.39 is 0 Å². The third-order valence-corrected chi connectivity index (χ3v) is 5.92. The molecule has 1 aromatic carbocycles. The molecule has 2 aliphatic rings. The van der Waals surface area contributed by atoms with Gasteiger partial charge in [0, 0.05) is 0 Å². The van der Waals surface area contributed by atoms with Crippen LogP contribution in [0.4, 0.5) is 0 Å². The predicted molar refractivity (Wildman–Crippen MR) is 83.6 cm³/mol. The second-order valence-electron chi connectivity index (χ2n) is 6.21. The van der Waals surface area contributed by atoms with Crippen molar-refractivity contribution in [1.82, 2.24) is 5.32 Å². The monoisotopic (exact) mass is 313 g/mol. The Morgan fingerprint density at radius 3 is 2.45 bits per heavy atom. The second-order valence-corrected chi connectivity index (χ2v) is 7.02. The summed E-state index contributed by atoms with van der Waals surface area (Å²) in [7, 11) is 0. The Balaban J connectivity index is 1.97. The number of hydrogen-bond acceptors (Lipinski definition) is 2. The Hall–Kier alpha value is -0.280. The van der Waals surface area contributed by atoms with Crippen molar-refractivity contribution in [3.8, 4) is 0 Å². The zero-order valence-corrected chi connectivity index (χ0v) is 13.1. The van der Waals surface area contributed by atoms with Crippen LogP contribution in [0.25, 0.3) is 0 Å². The van der Waals surface area contributed by atoms with Gasteiger partial charge in [-0.2, -0.15) is 0 Å². The summed E-state index contributed by atoms with van der Waals surface area (Å²) in [6, 6.07) is 6.08. The van der Waals surface area contributed by atoms with Gasteiger partial charge in [-0.1, -0.05) is 29.3 Å². The van der Waals surface area contributed by atoms with E-state index >= 15 is 0 Å². The highest BCUT2D eigenvalue weighted by Gasteiger charge is 2.43. The third kappa shape index (κ3) is 2.59. The van der Waals surface area contributed by atoms with Crippen LogP contribution >= 0.6 is 23.2 Å². The lowest BCUT2D eigenvalue weighted by molar-refractivity contribution is 0.0745. The van der Waals surface area contributed by atoms with Crippen molar-refractivity contribution in [2.45, 2.75) is 43.6 Å². The molecule has 2 fully saturated rings. The van der Waals surface area contributed by atoms with Gasteiger partial charge >= 0.3 is 0 Å². The van der Waals surface area contributed by atoms with E-state index in [1.54, 1.807) is 0 Å². The first kappa shape index (κ1) is 14.6. The minimum atomic E-state index is -0.139. The van der Waals surface area contributed by atoms with Crippen molar-refractivity contribution in [2.24, 2.45) is 5.92 Å². The van der Waals surface area contributed by atoms with Crippen LogP contribution in [0.15, 0.2) is 18.2 Å². The molecule has 0 spiro atoms. The first-order chi connectivity index (χ1) is 9.62. The van der Waals surface area contributed by atoms with Gasteiger partial charge in [0.15, 0.2) is 0 Å². The average molecular weight is 314 g/mol. The standard InChI is InChI=1S/C16H21Cl2NO/c17-14-2-1-11(9-15(14)18)16(12-5-8-19-10-12)6-3-13(20)4-7-16/h1-2,9,12-13,19-20H,3-8,10H2. The molecule has 1 saturated heterocycles. The van der Waals surface area contributed by atoms with Crippen molar-refractivity contribution in [1.29, 1.82) is 0 Å². The Bertz CT molecular complexity index is 477. The van der Waals surface area contributed by atoms with Crippen LogP contribution in [0.2, 0.25) is 10.0 Å². The number of hydrogen-bond donors (Lipinski definition) is 2. The lowest BCUT2D eigenvalue weighted by atomic mass is 9.61. The summed E-state index contributed by atoms with van der Waals surface area (Å²) in [6.07, 6.45) is 4.92. The first-order valence-corrected chi connectivity index (χ1v) is 8.22. The topological polar surface area (TPSA) is 32.3 Å². The fourth-order valence-electron chi connectivity index (χ4n) is 3.98. The molecule has 0 aromatic heterocycles. The molecule has 1 heterocycles.